The van der Waals surface area contributed by atoms with Crippen molar-refractivity contribution in [1.29, 1.82) is 0 Å². The molecule has 0 unspecified atom stereocenters. The Morgan fingerprint density at radius 3 is 2.71 bits per heavy atom. The lowest BCUT2D eigenvalue weighted by atomic mass is 10.0. The van der Waals surface area contributed by atoms with Gasteiger partial charge in [0.05, 0.1) is 12.2 Å². The van der Waals surface area contributed by atoms with Gasteiger partial charge in [0.2, 0.25) is 6.08 Å². The molecule has 0 saturated heterocycles. The smallest absolute Gasteiger partial charge is 0.235 e. The maximum atomic E-state index is 14.1. The van der Waals surface area contributed by atoms with Gasteiger partial charge < -0.3 is 4.74 Å². The number of nitrogens with zero attached hydrogens (tertiary/aromatic N) is 1. The Labute approximate surface area is 97.1 Å². The summed E-state index contributed by atoms with van der Waals surface area (Å²) in [5.41, 5.74) is -0.925. The SMILES string of the molecule is COCc1ccc(F)c(C2(N=C=O)CC2)c1F. The molecule has 1 aromatic carbocycles. The summed E-state index contributed by atoms with van der Waals surface area (Å²) in [5, 5.41) is 0. The summed E-state index contributed by atoms with van der Waals surface area (Å²) in [6.07, 6.45) is 2.31. The van der Waals surface area contributed by atoms with Crippen molar-refractivity contribution in [1.82, 2.24) is 0 Å². The Bertz CT molecular complexity index is 492. The van der Waals surface area contributed by atoms with Gasteiger partial charge in [-0.1, -0.05) is 6.07 Å². The summed E-state index contributed by atoms with van der Waals surface area (Å²) in [4.78, 5) is 13.8. The number of halogens is 2. The van der Waals surface area contributed by atoms with Crippen LogP contribution in [-0.2, 0) is 21.7 Å². The summed E-state index contributed by atoms with van der Waals surface area (Å²) >= 11 is 0. The first kappa shape index (κ1) is 11.9. The Kier molecular flexibility index (Phi) is 3.05. The van der Waals surface area contributed by atoms with Crippen LogP contribution in [0.3, 0.4) is 0 Å². The second-order valence-electron chi connectivity index (χ2n) is 4.06. The average molecular weight is 239 g/mol. The fraction of sp³-hybridized carbons (Fsp3) is 0.417. The first-order chi connectivity index (χ1) is 8.14. The fourth-order valence-corrected chi connectivity index (χ4v) is 1.91. The number of ether oxygens (including phenoxy) is 1. The highest BCUT2D eigenvalue weighted by Crippen LogP contribution is 2.51. The van der Waals surface area contributed by atoms with Crippen LogP contribution in [0, 0.1) is 11.6 Å². The molecule has 0 atom stereocenters. The van der Waals surface area contributed by atoms with Crippen molar-refractivity contribution in [3.8, 4) is 0 Å². The van der Waals surface area contributed by atoms with E-state index in [-0.39, 0.29) is 17.7 Å². The van der Waals surface area contributed by atoms with Gasteiger partial charge in [-0.2, -0.15) is 4.99 Å². The van der Waals surface area contributed by atoms with Crippen LogP contribution in [0.15, 0.2) is 17.1 Å². The predicted octanol–water partition coefficient (Wildman–Crippen LogP) is 2.44. The summed E-state index contributed by atoms with van der Waals surface area (Å²) in [6, 6.07) is 2.51. The van der Waals surface area contributed by atoms with E-state index in [0.29, 0.717) is 12.8 Å². The lowest BCUT2D eigenvalue weighted by molar-refractivity contribution is 0.181. The Morgan fingerprint density at radius 2 is 2.18 bits per heavy atom. The molecule has 1 fully saturated rings. The molecule has 1 aliphatic rings. The predicted molar refractivity (Wildman–Crippen MR) is 56.1 cm³/mol. The van der Waals surface area contributed by atoms with Crippen LogP contribution >= 0.6 is 0 Å². The summed E-state index contributed by atoms with van der Waals surface area (Å²) in [5.74, 6) is -1.36. The quantitative estimate of drug-likeness (QED) is 0.598. The van der Waals surface area contributed by atoms with Crippen molar-refractivity contribution in [3.63, 3.8) is 0 Å². The van der Waals surface area contributed by atoms with Crippen LogP contribution in [0.25, 0.3) is 0 Å². The van der Waals surface area contributed by atoms with Crippen LogP contribution < -0.4 is 0 Å². The third kappa shape index (κ3) is 1.99. The molecule has 0 amide bonds. The van der Waals surface area contributed by atoms with E-state index in [1.54, 1.807) is 0 Å². The van der Waals surface area contributed by atoms with Crippen LogP contribution in [0.5, 0.6) is 0 Å². The second kappa shape index (κ2) is 4.35. The monoisotopic (exact) mass is 239 g/mol. The molecule has 90 valence electrons. The van der Waals surface area contributed by atoms with Crippen LogP contribution in [0.2, 0.25) is 0 Å². The van der Waals surface area contributed by atoms with Crippen LogP contribution in [0.4, 0.5) is 8.78 Å². The van der Waals surface area contributed by atoms with Gasteiger partial charge in [-0.15, -0.1) is 0 Å². The molecule has 0 bridgehead atoms. The molecule has 0 aromatic heterocycles. The average Bonchev–Trinajstić information content (AvgIpc) is 3.04. The Morgan fingerprint density at radius 1 is 1.47 bits per heavy atom. The molecular weight excluding hydrogens is 228 g/mol. The van der Waals surface area contributed by atoms with Gasteiger partial charge >= 0.3 is 0 Å². The van der Waals surface area contributed by atoms with E-state index in [1.165, 1.54) is 25.3 Å². The third-order valence-electron chi connectivity index (χ3n) is 2.92. The topological polar surface area (TPSA) is 38.7 Å². The molecule has 0 radical (unpaired) electrons. The van der Waals surface area contributed by atoms with Crippen molar-refractivity contribution in [2.75, 3.05) is 7.11 Å². The van der Waals surface area contributed by atoms with Crippen molar-refractivity contribution < 1.29 is 18.3 Å². The van der Waals surface area contributed by atoms with Gasteiger partial charge in [0.1, 0.15) is 17.2 Å². The standard InChI is InChI=1S/C12H11F2NO2/c1-17-6-8-2-3-9(13)10(11(8)14)12(4-5-12)15-7-16/h2-3H,4-6H2,1H3. The van der Waals surface area contributed by atoms with Crippen LogP contribution in [-0.4, -0.2) is 13.2 Å². The molecule has 0 heterocycles. The van der Waals surface area contributed by atoms with E-state index in [0.717, 1.165) is 0 Å². The first-order valence-electron chi connectivity index (χ1n) is 5.20. The molecular formula is C12H11F2NO2. The molecule has 0 aliphatic heterocycles. The number of benzene rings is 1. The Balaban J connectivity index is 2.53. The summed E-state index contributed by atoms with van der Waals surface area (Å²) in [7, 11) is 1.43. The van der Waals surface area contributed by atoms with Crippen molar-refractivity contribution >= 4 is 6.08 Å². The van der Waals surface area contributed by atoms with Gasteiger partial charge in [-0.05, 0) is 18.9 Å². The van der Waals surface area contributed by atoms with Crippen molar-refractivity contribution in [2.24, 2.45) is 4.99 Å². The largest absolute Gasteiger partial charge is 0.380 e. The number of isocyanates is 1. The second-order valence-corrected chi connectivity index (χ2v) is 4.06. The highest BCUT2D eigenvalue weighted by Gasteiger charge is 2.49. The van der Waals surface area contributed by atoms with E-state index in [1.807, 2.05) is 0 Å². The van der Waals surface area contributed by atoms with Gasteiger partial charge in [0.15, 0.2) is 0 Å². The number of hydrogen-bond donors (Lipinski definition) is 0. The van der Waals surface area contributed by atoms with E-state index in [4.69, 9.17) is 4.74 Å². The molecule has 1 aliphatic carbocycles. The van der Waals surface area contributed by atoms with E-state index >= 15 is 0 Å². The summed E-state index contributed by atoms with van der Waals surface area (Å²) in [6.45, 7) is 0.0556. The lowest BCUT2D eigenvalue weighted by Crippen LogP contribution is -2.11. The number of hydrogen-bond acceptors (Lipinski definition) is 3. The molecule has 5 heteroatoms. The minimum Gasteiger partial charge on any atom is -0.380 e. The third-order valence-corrected chi connectivity index (χ3v) is 2.92. The molecule has 3 nitrogen and oxygen atoms in total. The molecule has 1 saturated carbocycles. The zero-order chi connectivity index (χ0) is 12.5. The van der Waals surface area contributed by atoms with Crippen molar-refractivity contribution in [3.05, 3.63) is 34.9 Å². The highest BCUT2D eigenvalue weighted by atomic mass is 19.1. The van der Waals surface area contributed by atoms with Gasteiger partial charge in [0.25, 0.3) is 0 Å². The van der Waals surface area contributed by atoms with Crippen molar-refractivity contribution in [2.45, 2.75) is 25.0 Å². The molecule has 2 rings (SSSR count). The molecule has 0 spiro atoms. The molecule has 17 heavy (non-hydrogen) atoms. The number of aliphatic imine (C=N–C) groups is 1. The van der Waals surface area contributed by atoms with Gasteiger partial charge in [-0.3, -0.25) is 0 Å². The zero-order valence-electron chi connectivity index (χ0n) is 9.30. The maximum Gasteiger partial charge on any atom is 0.235 e. The van der Waals surface area contributed by atoms with E-state index in [2.05, 4.69) is 4.99 Å². The van der Waals surface area contributed by atoms with Gasteiger partial charge in [0, 0.05) is 12.7 Å². The number of carbonyl (C=O) groups excluding carboxylic acids is 1. The minimum absolute atomic E-state index is 0.0556. The summed E-state index contributed by atoms with van der Waals surface area (Å²) < 4.78 is 32.6. The highest BCUT2D eigenvalue weighted by molar-refractivity contribution is 5.43. The fourth-order valence-electron chi connectivity index (χ4n) is 1.91. The Hall–Kier alpha value is -1.58. The lowest BCUT2D eigenvalue weighted by Gasteiger charge is -2.13. The zero-order valence-corrected chi connectivity index (χ0v) is 9.30. The number of methoxy groups -OCH3 is 1. The first-order valence-corrected chi connectivity index (χ1v) is 5.20. The van der Waals surface area contributed by atoms with E-state index in [9.17, 15) is 13.6 Å². The van der Waals surface area contributed by atoms with Gasteiger partial charge in [-0.25, -0.2) is 13.6 Å². The molecule has 1 aromatic rings. The maximum absolute atomic E-state index is 14.1. The minimum atomic E-state index is -1.04. The number of rotatable bonds is 4. The molecule has 0 N–H and O–H groups in total. The normalized spacial score (nSPS) is 16.4. The van der Waals surface area contributed by atoms with E-state index < -0.39 is 17.2 Å². The van der Waals surface area contributed by atoms with Crippen LogP contribution in [0.1, 0.15) is 24.0 Å².